The molecule has 1 aromatic rings. The lowest BCUT2D eigenvalue weighted by Crippen LogP contribution is -2.24. The van der Waals surface area contributed by atoms with Crippen LogP contribution in [0.15, 0.2) is 28.9 Å². The molecule has 0 radical (unpaired) electrons. The number of hydrogen-bond donors (Lipinski definition) is 2. The average molecular weight is 233 g/mol. The van der Waals surface area contributed by atoms with E-state index in [1.165, 1.54) is 6.07 Å². The fourth-order valence-corrected chi connectivity index (χ4v) is 2.00. The topological polar surface area (TPSA) is 67.5 Å². The van der Waals surface area contributed by atoms with Crippen LogP contribution >= 0.6 is 0 Å². The van der Waals surface area contributed by atoms with Gasteiger partial charge in [-0.2, -0.15) is 5.10 Å². The quantitative estimate of drug-likeness (QED) is 0.348. The van der Waals surface area contributed by atoms with Gasteiger partial charge in [-0.25, -0.2) is 4.39 Å². The molecule has 3 N–H and O–H groups in total. The first-order valence-corrected chi connectivity index (χ1v) is 5.15. The van der Waals surface area contributed by atoms with E-state index in [4.69, 9.17) is 5.84 Å². The summed E-state index contributed by atoms with van der Waals surface area (Å²) in [7, 11) is 0. The van der Waals surface area contributed by atoms with Gasteiger partial charge in [-0.05, 0) is 29.7 Å². The predicted octanol–water partition coefficient (Wildman–Crippen LogP) is 1.17. The monoisotopic (exact) mass is 233 g/mol. The van der Waals surface area contributed by atoms with Crippen molar-refractivity contribution in [3.05, 3.63) is 40.7 Å². The molecule has 0 unspecified atom stereocenters. The molecule has 0 saturated heterocycles. The first-order valence-electron chi connectivity index (χ1n) is 5.15. The largest absolute Gasteiger partial charge is 0.322 e. The third-order valence-electron chi connectivity index (χ3n) is 2.87. The Hall–Kier alpha value is -2.17. The summed E-state index contributed by atoms with van der Waals surface area (Å²) < 4.78 is 13.5. The van der Waals surface area contributed by atoms with E-state index < -0.39 is 0 Å². The molecule has 17 heavy (non-hydrogen) atoms. The van der Waals surface area contributed by atoms with Crippen LogP contribution in [0.1, 0.15) is 18.1 Å². The number of rotatable bonds is 2. The summed E-state index contributed by atoms with van der Waals surface area (Å²) in [6.45, 7) is 1.81. The van der Waals surface area contributed by atoms with Crippen molar-refractivity contribution in [3.8, 4) is 0 Å². The molecule has 88 valence electrons. The van der Waals surface area contributed by atoms with E-state index in [9.17, 15) is 9.18 Å². The highest BCUT2D eigenvalue weighted by atomic mass is 19.1. The second kappa shape index (κ2) is 4.37. The molecule has 0 atom stereocenters. The smallest absolute Gasteiger partial charge is 0.252 e. The summed E-state index contributed by atoms with van der Waals surface area (Å²) in [5.74, 6) is 4.32. The van der Waals surface area contributed by atoms with Gasteiger partial charge in [-0.3, -0.25) is 4.79 Å². The Morgan fingerprint density at radius 3 is 3.00 bits per heavy atom. The Labute approximate surface area is 98.0 Å². The highest BCUT2D eigenvalue weighted by Crippen LogP contribution is 2.33. The van der Waals surface area contributed by atoms with Crippen molar-refractivity contribution in [2.75, 3.05) is 0 Å². The zero-order valence-electron chi connectivity index (χ0n) is 9.33. The highest BCUT2D eigenvalue weighted by molar-refractivity contribution is 6.07. The molecule has 1 aromatic carbocycles. The molecule has 0 aliphatic heterocycles. The highest BCUT2D eigenvalue weighted by Gasteiger charge is 2.25. The lowest BCUT2D eigenvalue weighted by Gasteiger charge is -2.01. The van der Waals surface area contributed by atoms with Crippen molar-refractivity contribution >= 4 is 17.8 Å². The maximum Gasteiger partial charge on any atom is 0.252 e. The lowest BCUT2D eigenvalue weighted by molar-refractivity contribution is -0.116. The van der Waals surface area contributed by atoms with Crippen molar-refractivity contribution in [2.45, 2.75) is 13.3 Å². The van der Waals surface area contributed by atoms with Crippen molar-refractivity contribution in [1.82, 2.24) is 5.32 Å². The molecule has 1 aliphatic carbocycles. The molecule has 0 saturated carbocycles. The predicted molar refractivity (Wildman–Crippen MR) is 63.5 cm³/mol. The van der Waals surface area contributed by atoms with Crippen molar-refractivity contribution < 1.29 is 9.18 Å². The minimum atomic E-state index is -0.299. The van der Waals surface area contributed by atoms with Gasteiger partial charge in [0.25, 0.3) is 5.91 Å². The molecular weight excluding hydrogens is 221 g/mol. The summed E-state index contributed by atoms with van der Waals surface area (Å²) in [6.07, 6.45) is 1.42. The maximum absolute atomic E-state index is 13.5. The van der Waals surface area contributed by atoms with Crippen LogP contribution in [0.4, 0.5) is 4.39 Å². The molecule has 4 nitrogen and oxygen atoms in total. The first-order chi connectivity index (χ1) is 8.15. The summed E-state index contributed by atoms with van der Waals surface area (Å²) in [5, 5.41) is 5.61. The van der Waals surface area contributed by atoms with Crippen molar-refractivity contribution in [1.29, 1.82) is 0 Å². The van der Waals surface area contributed by atoms with Gasteiger partial charge in [0.2, 0.25) is 0 Å². The Kier molecular flexibility index (Phi) is 2.91. The van der Waals surface area contributed by atoms with Gasteiger partial charge in [0.05, 0.1) is 0 Å². The molecule has 1 aliphatic rings. The molecule has 0 fully saturated rings. The van der Waals surface area contributed by atoms with E-state index in [2.05, 4.69) is 10.4 Å². The van der Waals surface area contributed by atoms with Crippen LogP contribution in [0.25, 0.3) is 5.57 Å². The first kappa shape index (κ1) is 11.3. The maximum atomic E-state index is 13.5. The number of nitrogens with zero attached hydrogens (tertiary/aromatic N) is 1. The second-order valence-corrected chi connectivity index (χ2v) is 3.80. The molecular formula is C12H12FN3O. The van der Waals surface area contributed by atoms with Crippen LogP contribution in [-0.4, -0.2) is 12.2 Å². The molecule has 2 rings (SSSR count). The van der Waals surface area contributed by atoms with E-state index in [1.54, 1.807) is 13.0 Å². The van der Waals surface area contributed by atoms with Gasteiger partial charge in [0, 0.05) is 12.0 Å². The normalized spacial score (nSPS) is 14.2. The number of carbonyl (C=O) groups excluding carboxylic acids is 1. The van der Waals surface area contributed by atoms with Gasteiger partial charge in [0.1, 0.15) is 12.2 Å². The minimum Gasteiger partial charge on any atom is -0.322 e. The molecule has 0 spiro atoms. The summed E-state index contributed by atoms with van der Waals surface area (Å²) in [5.41, 5.74) is 2.70. The fraction of sp³-hybridized carbons (Fsp3) is 0.167. The molecule has 0 bridgehead atoms. The van der Waals surface area contributed by atoms with E-state index in [-0.39, 0.29) is 11.7 Å². The van der Waals surface area contributed by atoms with Crippen LogP contribution < -0.4 is 11.2 Å². The molecule has 5 heteroatoms. The van der Waals surface area contributed by atoms with Crippen LogP contribution in [-0.2, 0) is 11.2 Å². The number of nitrogens with two attached hydrogens (primary N) is 1. The van der Waals surface area contributed by atoms with E-state index in [1.807, 2.05) is 6.07 Å². The number of benzene rings is 1. The standard InChI is InChI=1S/C12H12FN3O/c1-7-8-3-2-4-11(13)10(8)5-9(7)12(17)15-6-16-14/h2-4,6H,5,14H2,1H3,(H,15,16,17). The number of nitrogens with one attached hydrogen (secondary N) is 1. The number of fused-ring (bicyclic) bond motifs is 1. The fourth-order valence-electron chi connectivity index (χ4n) is 2.00. The minimum absolute atomic E-state index is 0.280. The molecule has 0 aromatic heterocycles. The van der Waals surface area contributed by atoms with Gasteiger partial charge in [-0.1, -0.05) is 12.1 Å². The third-order valence-corrected chi connectivity index (χ3v) is 2.87. The van der Waals surface area contributed by atoms with Crippen LogP contribution in [0.5, 0.6) is 0 Å². The summed E-state index contributed by atoms with van der Waals surface area (Å²) in [4.78, 5) is 11.8. The van der Waals surface area contributed by atoms with E-state index >= 15 is 0 Å². The zero-order valence-corrected chi connectivity index (χ0v) is 9.33. The SMILES string of the molecule is CC1=C(C(=O)NC=NN)Cc2c(F)cccc21. The lowest BCUT2D eigenvalue weighted by atomic mass is 10.1. The number of hydrazone groups is 1. The van der Waals surface area contributed by atoms with Crippen LogP contribution in [0.2, 0.25) is 0 Å². The van der Waals surface area contributed by atoms with Gasteiger partial charge in [-0.15, -0.1) is 0 Å². The van der Waals surface area contributed by atoms with Gasteiger partial charge >= 0.3 is 0 Å². The number of halogens is 1. The van der Waals surface area contributed by atoms with Crippen LogP contribution in [0, 0.1) is 5.82 Å². The number of carbonyl (C=O) groups is 1. The Balaban J connectivity index is 2.33. The average Bonchev–Trinajstić information content (AvgIpc) is 2.66. The Morgan fingerprint density at radius 1 is 1.59 bits per heavy atom. The summed E-state index contributed by atoms with van der Waals surface area (Å²) in [6, 6.07) is 4.85. The Bertz CT molecular complexity index is 535. The number of amides is 1. The molecule has 1 amide bonds. The van der Waals surface area contributed by atoms with E-state index in [0.717, 1.165) is 17.5 Å². The Morgan fingerprint density at radius 2 is 2.35 bits per heavy atom. The van der Waals surface area contributed by atoms with Gasteiger partial charge in [0.15, 0.2) is 0 Å². The van der Waals surface area contributed by atoms with Gasteiger partial charge < -0.3 is 11.2 Å². The van der Waals surface area contributed by atoms with Crippen LogP contribution in [0.3, 0.4) is 0 Å². The zero-order chi connectivity index (χ0) is 12.4. The number of hydrogen-bond acceptors (Lipinski definition) is 3. The molecule has 0 heterocycles. The van der Waals surface area contributed by atoms with Crippen molar-refractivity contribution in [2.24, 2.45) is 10.9 Å². The van der Waals surface area contributed by atoms with Crippen molar-refractivity contribution in [3.63, 3.8) is 0 Å². The second-order valence-electron chi connectivity index (χ2n) is 3.80. The number of allylic oxidation sites excluding steroid dienone is 1. The summed E-state index contributed by atoms with van der Waals surface area (Å²) >= 11 is 0. The van der Waals surface area contributed by atoms with E-state index in [0.29, 0.717) is 17.6 Å². The third kappa shape index (κ3) is 1.91.